The van der Waals surface area contributed by atoms with E-state index < -0.39 is 0 Å². The van der Waals surface area contributed by atoms with Gasteiger partial charge >= 0.3 is 0 Å². The number of hydrazone groups is 1. The van der Waals surface area contributed by atoms with Gasteiger partial charge < -0.3 is 4.42 Å². The Morgan fingerprint density at radius 1 is 1.28 bits per heavy atom. The number of carbonyl (C=O) groups is 1. The largest absolute Gasteiger partial charge is 0.455 e. The monoisotopic (exact) mass is 417 g/mol. The zero-order valence-electron chi connectivity index (χ0n) is 13.2. The number of halogens is 2. The van der Waals surface area contributed by atoms with Gasteiger partial charge in [0.25, 0.3) is 5.91 Å². The average molecular weight is 419 g/mol. The second kappa shape index (κ2) is 7.63. The van der Waals surface area contributed by atoms with Crippen molar-refractivity contribution < 1.29 is 9.21 Å². The summed E-state index contributed by atoms with van der Waals surface area (Å²) in [6.07, 6.45) is 4.49. The minimum Gasteiger partial charge on any atom is -0.455 e. The quantitative estimate of drug-likeness (QED) is 0.487. The standard InChI is InChI=1S/C18H13BrClN3O2/c1-11-2-3-12(7-16(11)20)17-5-4-15(25-17)10-22-23-18(24)13-6-14(19)9-21-8-13/h2-10H,1H3,(H,23,24)/b22-10+. The molecular formula is C18H13BrClN3O2. The number of aryl methyl sites for hydroxylation is 1. The molecule has 0 radical (unpaired) electrons. The van der Waals surface area contributed by atoms with E-state index in [9.17, 15) is 4.79 Å². The van der Waals surface area contributed by atoms with E-state index in [-0.39, 0.29) is 5.91 Å². The lowest BCUT2D eigenvalue weighted by Gasteiger charge is -2.01. The van der Waals surface area contributed by atoms with Crippen LogP contribution >= 0.6 is 27.5 Å². The Hall–Kier alpha value is -2.44. The number of benzene rings is 1. The van der Waals surface area contributed by atoms with E-state index in [0.717, 1.165) is 15.6 Å². The molecule has 1 N–H and O–H groups in total. The first-order valence-electron chi connectivity index (χ1n) is 7.33. The van der Waals surface area contributed by atoms with Gasteiger partial charge in [-0.05, 0) is 52.7 Å². The Morgan fingerprint density at radius 2 is 2.12 bits per heavy atom. The van der Waals surface area contributed by atoms with Crippen LogP contribution in [-0.2, 0) is 0 Å². The van der Waals surface area contributed by atoms with Crippen molar-refractivity contribution in [2.24, 2.45) is 5.10 Å². The van der Waals surface area contributed by atoms with Crippen LogP contribution < -0.4 is 5.43 Å². The lowest BCUT2D eigenvalue weighted by Crippen LogP contribution is -2.17. The van der Waals surface area contributed by atoms with Crippen LogP contribution in [0.2, 0.25) is 5.02 Å². The Labute approximate surface area is 157 Å². The van der Waals surface area contributed by atoms with E-state index >= 15 is 0 Å². The van der Waals surface area contributed by atoms with Gasteiger partial charge in [0.1, 0.15) is 11.5 Å². The molecule has 0 atom stereocenters. The second-order valence-corrected chi connectivity index (χ2v) is 6.58. The molecule has 7 heteroatoms. The van der Waals surface area contributed by atoms with Crippen LogP contribution in [0.4, 0.5) is 0 Å². The Morgan fingerprint density at radius 3 is 2.88 bits per heavy atom. The van der Waals surface area contributed by atoms with Crippen LogP contribution in [0.3, 0.4) is 0 Å². The number of pyridine rings is 1. The van der Waals surface area contributed by atoms with E-state index in [1.165, 1.54) is 12.4 Å². The molecule has 0 aliphatic carbocycles. The average Bonchev–Trinajstić information content (AvgIpc) is 3.06. The maximum atomic E-state index is 12.0. The van der Waals surface area contributed by atoms with Gasteiger partial charge in [-0.1, -0.05) is 23.7 Å². The molecule has 126 valence electrons. The number of rotatable bonds is 4. The molecule has 0 aliphatic rings. The number of nitrogens with zero attached hydrogens (tertiary/aromatic N) is 2. The van der Waals surface area contributed by atoms with Crippen molar-refractivity contribution >= 4 is 39.7 Å². The summed E-state index contributed by atoms with van der Waals surface area (Å²) in [6.45, 7) is 1.94. The van der Waals surface area contributed by atoms with Crippen molar-refractivity contribution in [1.82, 2.24) is 10.4 Å². The van der Waals surface area contributed by atoms with Crippen LogP contribution in [0.15, 0.2) is 62.8 Å². The predicted molar refractivity (Wildman–Crippen MR) is 101 cm³/mol. The Balaban J connectivity index is 1.67. The van der Waals surface area contributed by atoms with Gasteiger partial charge in [0.2, 0.25) is 0 Å². The molecule has 3 rings (SSSR count). The minimum absolute atomic E-state index is 0.359. The van der Waals surface area contributed by atoms with Crippen molar-refractivity contribution in [2.75, 3.05) is 0 Å². The topological polar surface area (TPSA) is 67.5 Å². The predicted octanol–water partition coefficient (Wildman–Crippen LogP) is 4.83. The normalized spacial score (nSPS) is 11.0. The van der Waals surface area contributed by atoms with Crippen molar-refractivity contribution in [2.45, 2.75) is 6.92 Å². The molecule has 0 unspecified atom stereocenters. The van der Waals surface area contributed by atoms with Crippen LogP contribution in [0.25, 0.3) is 11.3 Å². The van der Waals surface area contributed by atoms with Crippen LogP contribution in [-0.4, -0.2) is 17.1 Å². The van der Waals surface area contributed by atoms with Gasteiger partial charge in [-0.3, -0.25) is 9.78 Å². The fourth-order valence-corrected chi connectivity index (χ4v) is 2.62. The van der Waals surface area contributed by atoms with E-state index in [1.807, 2.05) is 31.2 Å². The molecule has 1 amide bonds. The van der Waals surface area contributed by atoms with Gasteiger partial charge in [0.15, 0.2) is 0 Å². The molecule has 2 heterocycles. The highest BCUT2D eigenvalue weighted by atomic mass is 79.9. The molecule has 0 spiro atoms. The van der Waals surface area contributed by atoms with E-state index in [2.05, 4.69) is 31.4 Å². The summed E-state index contributed by atoms with van der Waals surface area (Å²) in [5.74, 6) is 0.826. The summed E-state index contributed by atoms with van der Waals surface area (Å²) in [7, 11) is 0. The Kier molecular flexibility index (Phi) is 5.31. The zero-order chi connectivity index (χ0) is 17.8. The molecule has 0 fully saturated rings. The second-order valence-electron chi connectivity index (χ2n) is 5.26. The molecule has 0 aliphatic heterocycles. The summed E-state index contributed by atoms with van der Waals surface area (Å²) < 4.78 is 6.41. The lowest BCUT2D eigenvalue weighted by molar-refractivity contribution is 0.0954. The zero-order valence-corrected chi connectivity index (χ0v) is 15.5. The SMILES string of the molecule is Cc1ccc(-c2ccc(/C=N/NC(=O)c3cncc(Br)c3)o2)cc1Cl. The van der Waals surface area contributed by atoms with E-state index in [0.29, 0.717) is 22.1 Å². The number of hydrogen-bond acceptors (Lipinski definition) is 4. The first kappa shape index (κ1) is 17.4. The van der Waals surface area contributed by atoms with Crippen molar-refractivity contribution in [1.29, 1.82) is 0 Å². The van der Waals surface area contributed by atoms with Crippen LogP contribution in [0.5, 0.6) is 0 Å². The molecule has 0 saturated carbocycles. The van der Waals surface area contributed by atoms with Gasteiger partial charge in [-0.2, -0.15) is 5.10 Å². The molecule has 3 aromatic rings. The van der Waals surface area contributed by atoms with Crippen molar-refractivity contribution in [3.63, 3.8) is 0 Å². The number of aromatic nitrogens is 1. The number of furan rings is 1. The lowest BCUT2D eigenvalue weighted by atomic mass is 10.1. The molecule has 25 heavy (non-hydrogen) atoms. The highest BCUT2D eigenvalue weighted by Gasteiger charge is 2.07. The summed E-state index contributed by atoms with van der Waals surface area (Å²) in [4.78, 5) is 15.9. The van der Waals surface area contributed by atoms with Crippen LogP contribution in [0, 0.1) is 6.92 Å². The third-order valence-electron chi connectivity index (χ3n) is 3.41. The van der Waals surface area contributed by atoms with Crippen LogP contribution in [0.1, 0.15) is 21.7 Å². The van der Waals surface area contributed by atoms with E-state index in [1.54, 1.807) is 18.3 Å². The third-order valence-corrected chi connectivity index (χ3v) is 4.25. The molecule has 0 bridgehead atoms. The molecule has 1 aromatic carbocycles. The molecule has 0 saturated heterocycles. The van der Waals surface area contributed by atoms with Crippen molar-refractivity contribution in [3.05, 3.63) is 75.2 Å². The summed E-state index contributed by atoms with van der Waals surface area (Å²) in [5, 5.41) is 4.58. The number of carbonyl (C=O) groups excluding carboxylic acids is 1. The van der Waals surface area contributed by atoms with E-state index in [4.69, 9.17) is 16.0 Å². The fraction of sp³-hybridized carbons (Fsp3) is 0.0556. The number of amides is 1. The van der Waals surface area contributed by atoms with Gasteiger partial charge in [-0.25, -0.2) is 5.43 Å². The van der Waals surface area contributed by atoms with Gasteiger partial charge in [0, 0.05) is 27.5 Å². The smallest absolute Gasteiger partial charge is 0.272 e. The van der Waals surface area contributed by atoms with Gasteiger partial charge in [0.05, 0.1) is 11.8 Å². The third kappa shape index (κ3) is 4.35. The minimum atomic E-state index is -0.359. The first-order chi connectivity index (χ1) is 12.0. The molecular weight excluding hydrogens is 406 g/mol. The maximum absolute atomic E-state index is 12.0. The molecule has 5 nitrogen and oxygen atoms in total. The maximum Gasteiger partial charge on any atom is 0.272 e. The molecule has 2 aromatic heterocycles. The van der Waals surface area contributed by atoms with Crippen molar-refractivity contribution in [3.8, 4) is 11.3 Å². The summed E-state index contributed by atoms with van der Waals surface area (Å²) in [5.41, 5.74) is 4.71. The summed E-state index contributed by atoms with van der Waals surface area (Å²) in [6, 6.07) is 11.0. The fourth-order valence-electron chi connectivity index (χ4n) is 2.08. The highest BCUT2D eigenvalue weighted by Crippen LogP contribution is 2.26. The number of hydrogen-bond donors (Lipinski definition) is 1. The number of nitrogens with one attached hydrogen (secondary N) is 1. The highest BCUT2D eigenvalue weighted by molar-refractivity contribution is 9.10. The first-order valence-corrected chi connectivity index (χ1v) is 8.50. The van der Waals surface area contributed by atoms with Gasteiger partial charge in [-0.15, -0.1) is 0 Å². The summed E-state index contributed by atoms with van der Waals surface area (Å²) >= 11 is 9.40. The Bertz CT molecular complexity index is 953.